The number of piperazine rings is 1. The lowest BCUT2D eigenvalue weighted by Crippen LogP contribution is -2.54. The molecule has 7 heteroatoms. The number of carbonyl (C=O) groups excluding carboxylic acids is 2. The molecule has 0 bridgehead atoms. The summed E-state index contributed by atoms with van der Waals surface area (Å²) in [6.07, 6.45) is 6.03. The average molecular weight is 431 g/mol. The van der Waals surface area contributed by atoms with E-state index in [1.165, 1.54) is 19.3 Å². The van der Waals surface area contributed by atoms with Crippen molar-refractivity contribution in [2.24, 2.45) is 0 Å². The molecule has 1 N–H and O–H groups in total. The van der Waals surface area contributed by atoms with Gasteiger partial charge in [-0.2, -0.15) is 0 Å². The smallest absolute Gasteiger partial charge is 0.241 e. The number of hydrogen-bond donors (Lipinski definition) is 1. The normalized spacial score (nSPS) is 19.6. The Kier molecular flexibility index (Phi) is 8.72. The lowest BCUT2D eigenvalue weighted by atomic mass is 9.94. The number of para-hydroxylation sites is 2. The van der Waals surface area contributed by atoms with E-state index in [-0.39, 0.29) is 17.9 Å². The summed E-state index contributed by atoms with van der Waals surface area (Å²) >= 11 is 0. The molecule has 1 saturated heterocycles. The van der Waals surface area contributed by atoms with Crippen LogP contribution in [-0.4, -0.2) is 85.0 Å². The van der Waals surface area contributed by atoms with Crippen molar-refractivity contribution >= 4 is 17.5 Å². The zero-order valence-electron chi connectivity index (χ0n) is 19.3. The van der Waals surface area contributed by atoms with E-state index in [9.17, 15) is 9.59 Å². The van der Waals surface area contributed by atoms with Gasteiger partial charge in [0.2, 0.25) is 11.8 Å². The Morgan fingerprint density at radius 2 is 1.81 bits per heavy atom. The summed E-state index contributed by atoms with van der Waals surface area (Å²) in [5.74, 6) is 0.878. The molecule has 1 aliphatic carbocycles. The molecule has 2 amide bonds. The topological polar surface area (TPSA) is 65.1 Å². The fraction of sp³-hybridized carbons (Fsp3) is 0.667. The minimum absolute atomic E-state index is 0.0336. The molecule has 1 atom stereocenters. The summed E-state index contributed by atoms with van der Waals surface area (Å²) in [6, 6.07) is 7.69. The SMILES string of the molecule is CCOc1ccccc1NC(=O)C(C)N1CCN(CC(=O)N(C)C2CCCCC2)CC1. The van der Waals surface area contributed by atoms with E-state index >= 15 is 0 Å². The third-order valence-corrected chi connectivity index (χ3v) is 6.65. The molecular formula is C24H38N4O3. The number of nitrogens with one attached hydrogen (secondary N) is 1. The summed E-state index contributed by atoms with van der Waals surface area (Å²) in [7, 11) is 1.96. The van der Waals surface area contributed by atoms with E-state index < -0.39 is 0 Å². The Morgan fingerprint density at radius 3 is 2.48 bits per heavy atom. The molecule has 1 saturated carbocycles. The second kappa shape index (κ2) is 11.5. The van der Waals surface area contributed by atoms with Gasteiger partial charge in [0, 0.05) is 39.3 Å². The van der Waals surface area contributed by atoms with Crippen LogP contribution in [-0.2, 0) is 9.59 Å². The molecule has 2 aliphatic rings. The van der Waals surface area contributed by atoms with E-state index in [1.807, 2.05) is 50.1 Å². The fourth-order valence-electron chi connectivity index (χ4n) is 4.54. The largest absolute Gasteiger partial charge is 0.492 e. The van der Waals surface area contributed by atoms with Gasteiger partial charge < -0.3 is 15.0 Å². The molecule has 172 valence electrons. The molecule has 31 heavy (non-hydrogen) atoms. The van der Waals surface area contributed by atoms with Crippen LogP contribution >= 0.6 is 0 Å². The van der Waals surface area contributed by atoms with Crippen LogP contribution in [0, 0.1) is 0 Å². The number of benzene rings is 1. The maximum absolute atomic E-state index is 12.8. The first kappa shape index (κ1) is 23.5. The van der Waals surface area contributed by atoms with Gasteiger partial charge in [0.1, 0.15) is 5.75 Å². The third-order valence-electron chi connectivity index (χ3n) is 6.65. The van der Waals surface area contributed by atoms with Gasteiger partial charge in [-0.15, -0.1) is 0 Å². The van der Waals surface area contributed by atoms with Crippen LogP contribution in [0.4, 0.5) is 5.69 Å². The zero-order chi connectivity index (χ0) is 22.2. The van der Waals surface area contributed by atoms with E-state index in [0.717, 1.165) is 39.0 Å². The Morgan fingerprint density at radius 1 is 1.13 bits per heavy atom. The van der Waals surface area contributed by atoms with Gasteiger partial charge in [-0.3, -0.25) is 19.4 Å². The van der Waals surface area contributed by atoms with Crippen molar-refractivity contribution in [3.8, 4) is 5.75 Å². The maximum atomic E-state index is 12.8. The Bertz CT molecular complexity index is 727. The van der Waals surface area contributed by atoms with Gasteiger partial charge in [0.25, 0.3) is 0 Å². The number of ether oxygens (including phenoxy) is 1. The van der Waals surface area contributed by atoms with Crippen molar-refractivity contribution in [1.82, 2.24) is 14.7 Å². The van der Waals surface area contributed by atoms with Crippen molar-refractivity contribution in [2.75, 3.05) is 51.7 Å². The second-order valence-corrected chi connectivity index (χ2v) is 8.70. The van der Waals surface area contributed by atoms with Crippen LogP contribution in [0.2, 0.25) is 0 Å². The van der Waals surface area contributed by atoms with Crippen LogP contribution in [0.3, 0.4) is 0 Å². The van der Waals surface area contributed by atoms with Gasteiger partial charge in [0.15, 0.2) is 0 Å². The lowest BCUT2D eigenvalue weighted by Gasteiger charge is -2.38. The Balaban J connectivity index is 1.45. The molecule has 1 aliphatic heterocycles. The summed E-state index contributed by atoms with van der Waals surface area (Å²) < 4.78 is 5.61. The summed E-state index contributed by atoms with van der Waals surface area (Å²) in [5, 5.41) is 3.01. The Labute approximate surface area is 186 Å². The van der Waals surface area contributed by atoms with E-state index in [1.54, 1.807) is 0 Å². The first-order chi connectivity index (χ1) is 15.0. The van der Waals surface area contributed by atoms with E-state index in [0.29, 0.717) is 30.6 Å². The molecule has 1 aromatic carbocycles. The first-order valence-electron chi connectivity index (χ1n) is 11.7. The molecule has 0 spiro atoms. The van der Waals surface area contributed by atoms with Crippen LogP contribution in [0.1, 0.15) is 46.0 Å². The second-order valence-electron chi connectivity index (χ2n) is 8.70. The summed E-state index contributed by atoms with van der Waals surface area (Å²) in [5.41, 5.74) is 0.705. The highest BCUT2D eigenvalue weighted by Crippen LogP contribution is 2.24. The van der Waals surface area contributed by atoms with Crippen molar-refractivity contribution in [2.45, 2.75) is 58.0 Å². The predicted octanol–water partition coefficient (Wildman–Crippen LogP) is 2.82. The van der Waals surface area contributed by atoms with Gasteiger partial charge in [-0.1, -0.05) is 31.4 Å². The number of amides is 2. The molecule has 0 radical (unpaired) electrons. The molecular weight excluding hydrogens is 392 g/mol. The van der Waals surface area contributed by atoms with Gasteiger partial charge in [-0.25, -0.2) is 0 Å². The quantitative estimate of drug-likeness (QED) is 0.687. The molecule has 7 nitrogen and oxygen atoms in total. The number of likely N-dealkylation sites (N-methyl/N-ethyl adjacent to an activating group) is 1. The molecule has 2 fully saturated rings. The summed E-state index contributed by atoms with van der Waals surface area (Å²) in [4.78, 5) is 31.9. The molecule has 3 rings (SSSR count). The number of anilines is 1. The van der Waals surface area contributed by atoms with E-state index in [4.69, 9.17) is 4.74 Å². The Hall–Kier alpha value is -2.12. The van der Waals surface area contributed by atoms with Crippen LogP contribution in [0.25, 0.3) is 0 Å². The third kappa shape index (κ3) is 6.43. The first-order valence-corrected chi connectivity index (χ1v) is 11.7. The van der Waals surface area contributed by atoms with Crippen molar-refractivity contribution in [3.63, 3.8) is 0 Å². The summed E-state index contributed by atoms with van der Waals surface area (Å²) in [6.45, 7) is 8.07. The van der Waals surface area contributed by atoms with Gasteiger partial charge >= 0.3 is 0 Å². The fourth-order valence-corrected chi connectivity index (χ4v) is 4.54. The van der Waals surface area contributed by atoms with Crippen LogP contribution < -0.4 is 10.1 Å². The standard InChI is InChI=1S/C24H38N4O3/c1-4-31-22-13-9-8-12-21(22)25-24(30)19(2)28-16-14-27(15-17-28)18-23(29)26(3)20-10-6-5-7-11-20/h8-9,12-13,19-20H,4-7,10-11,14-18H2,1-3H3,(H,25,30). The maximum Gasteiger partial charge on any atom is 0.241 e. The van der Waals surface area contributed by atoms with Gasteiger partial charge in [0.05, 0.1) is 24.9 Å². The highest BCUT2D eigenvalue weighted by atomic mass is 16.5. The van der Waals surface area contributed by atoms with Crippen molar-refractivity contribution in [1.29, 1.82) is 0 Å². The minimum atomic E-state index is -0.238. The average Bonchev–Trinajstić information content (AvgIpc) is 2.80. The van der Waals surface area contributed by atoms with Crippen LogP contribution in [0.15, 0.2) is 24.3 Å². The monoisotopic (exact) mass is 430 g/mol. The molecule has 1 heterocycles. The molecule has 1 unspecified atom stereocenters. The van der Waals surface area contributed by atoms with Gasteiger partial charge in [-0.05, 0) is 38.8 Å². The molecule has 1 aromatic rings. The number of hydrogen-bond acceptors (Lipinski definition) is 5. The van der Waals surface area contributed by atoms with Crippen molar-refractivity contribution in [3.05, 3.63) is 24.3 Å². The number of rotatable bonds is 8. The van der Waals surface area contributed by atoms with Crippen molar-refractivity contribution < 1.29 is 14.3 Å². The highest BCUT2D eigenvalue weighted by Gasteiger charge is 2.28. The molecule has 0 aromatic heterocycles. The number of carbonyl (C=O) groups is 2. The number of nitrogens with zero attached hydrogens (tertiary/aromatic N) is 3. The van der Waals surface area contributed by atoms with E-state index in [2.05, 4.69) is 15.1 Å². The zero-order valence-corrected chi connectivity index (χ0v) is 19.3. The highest BCUT2D eigenvalue weighted by molar-refractivity contribution is 5.95. The predicted molar refractivity (Wildman–Crippen MR) is 123 cm³/mol. The minimum Gasteiger partial charge on any atom is -0.492 e. The van der Waals surface area contributed by atoms with Crippen LogP contribution in [0.5, 0.6) is 5.75 Å². The lowest BCUT2D eigenvalue weighted by molar-refractivity contribution is -0.134.